The second-order valence-electron chi connectivity index (χ2n) is 3.16. The molecule has 2 N–H and O–H groups in total. The van der Waals surface area contributed by atoms with Gasteiger partial charge in [-0.1, -0.05) is 0 Å². The van der Waals surface area contributed by atoms with Gasteiger partial charge < -0.3 is 10.5 Å². The van der Waals surface area contributed by atoms with Crippen LogP contribution in [0.25, 0.3) is 0 Å². The van der Waals surface area contributed by atoms with Gasteiger partial charge in [-0.2, -0.15) is 0 Å². The number of ether oxygens (including phenoxy) is 1. The first kappa shape index (κ1) is 11.6. The lowest BCUT2D eigenvalue weighted by atomic mass is 10.2. The first-order chi connectivity index (χ1) is 6.86. The van der Waals surface area contributed by atoms with Gasteiger partial charge in [0, 0.05) is 13.1 Å². The SMILES string of the molecule is COc1ccc(N)c(N(C)S(C)(=O)=O)c1. The molecule has 0 heterocycles. The molecule has 15 heavy (non-hydrogen) atoms. The molecule has 0 bridgehead atoms. The van der Waals surface area contributed by atoms with Crippen LogP contribution in [0.1, 0.15) is 0 Å². The van der Waals surface area contributed by atoms with Crippen LogP contribution in [-0.2, 0) is 10.0 Å². The molecule has 1 aromatic carbocycles. The molecular formula is C9H14N2O3S. The smallest absolute Gasteiger partial charge is 0.232 e. The third kappa shape index (κ3) is 2.53. The Balaban J connectivity index is 3.24. The maximum absolute atomic E-state index is 11.3. The molecule has 0 aliphatic rings. The zero-order valence-electron chi connectivity index (χ0n) is 8.89. The van der Waals surface area contributed by atoms with E-state index in [2.05, 4.69) is 0 Å². The maximum Gasteiger partial charge on any atom is 0.232 e. The van der Waals surface area contributed by atoms with E-state index in [-0.39, 0.29) is 0 Å². The zero-order valence-corrected chi connectivity index (χ0v) is 9.71. The Kier molecular flexibility index (Phi) is 3.09. The minimum absolute atomic E-state index is 0.392. The van der Waals surface area contributed by atoms with Crippen LogP contribution < -0.4 is 14.8 Å². The van der Waals surface area contributed by atoms with E-state index in [0.29, 0.717) is 17.1 Å². The molecule has 0 fully saturated rings. The van der Waals surface area contributed by atoms with Crippen LogP contribution in [0.4, 0.5) is 11.4 Å². The van der Waals surface area contributed by atoms with Crippen LogP contribution >= 0.6 is 0 Å². The second kappa shape index (κ2) is 3.98. The zero-order chi connectivity index (χ0) is 11.6. The summed E-state index contributed by atoms with van der Waals surface area (Å²) in [4.78, 5) is 0. The summed E-state index contributed by atoms with van der Waals surface area (Å²) in [5, 5.41) is 0. The molecule has 5 nitrogen and oxygen atoms in total. The van der Waals surface area contributed by atoms with E-state index in [9.17, 15) is 8.42 Å². The van der Waals surface area contributed by atoms with Crippen LogP contribution in [0.15, 0.2) is 18.2 Å². The summed E-state index contributed by atoms with van der Waals surface area (Å²) in [5.41, 5.74) is 6.49. The minimum atomic E-state index is -3.31. The largest absolute Gasteiger partial charge is 0.497 e. The van der Waals surface area contributed by atoms with Crippen molar-refractivity contribution in [2.24, 2.45) is 0 Å². The monoisotopic (exact) mass is 230 g/mol. The highest BCUT2D eigenvalue weighted by atomic mass is 32.2. The highest BCUT2D eigenvalue weighted by Gasteiger charge is 2.15. The Hall–Kier alpha value is -1.43. The van der Waals surface area contributed by atoms with E-state index in [1.165, 1.54) is 14.2 Å². The van der Waals surface area contributed by atoms with Crippen molar-refractivity contribution in [2.75, 3.05) is 30.5 Å². The fraction of sp³-hybridized carbons (Fsp3) is 0.333. The third-order valence-corrected chi connectivity index (χ3v) is 3.27. The summed E-state index contributed by atoms with van der Waals surface area (Å²) in [6.07, 6.45) is 1.12. The van der Waals surface area contributed by atoms with E-state index in [0.717, 1.165) is 10.6 Å². The van der Waals surface area contributed by atoms with Crippen molar-refractivity contribution in [2.45, 2.75) is 0 Å². The number of anilines is 2. The standard InChI is InChI=1S/C9H14N2O3S/c1-11(15(3,12)13)9-6-7(14-2)4-5-8(9)10/h4-6H,10H2,1-3H3. The van der Waals surface area contributed by atoms with Crippen LogP contribution in [0.3, 0.4) is 0 Å². The number of benzene rings is 1. The molecule has 0 saturated carbocycles. The minimum Gasteiger partial charge on any atom is -0.497 e. The van der Waals surface area contributed by atoms with Crippen LogP contribution in [0.5, 0.6) is 5.75 Å². The van der Waals surface area contributed by atoms with Crippen LogP contribution in [-0.4, -0.2) is 28.8 Å². The van der Waals surface area contributed by atoms with Crippen molar-refractivity contribution in [3.63, 3.8) is 0 Å². The van der Waals surface area contributed by atoms with Crippen LogP contribution in [0, 0.1) is 0 Å². The Morgan fingerprint density at radius 2 is 2.00 bits per heavy atom. The number of hydrogen-bond donors (Lipinski definition) is 1. The van der Waals surface area contributed by atoms with Gasteiger partial charge in [0.25, 0.3) is 0 Å². The Bertz CT molecular complexity index is 456. The van der Waals surface area contributed by atoms with Crippen molar-refractivity contribution in [3.05, 3.63) is 18.2 Å². The van der Waals surface area contributed by atoms with Gasteiger partial charge in [-0.3, -0.25) is 4.31 Å². The van der Waals surface area contributed by atoms with Gasteiger partial charge in [-0.25, -0.2) is 8.42 Å². The topological polar surface area (TPSA) is 72.6 Å². The first-order valence-corrected chi connectivity index (χ1v) is 6.08. The molecule has 0 unspecified atom stereocenters. The van der Waals surface area contributed by atoms with Gasteiger partial charge in [0.1, 0.15) is 5.75 Å². The lowest BCUT2D eigenvalue weighted by Gasteiger charge is -2.19. The van der Waals surface area contributed by atoms with E-state index in [4.69, 9.17) is 10.5 Å². The number of nitrogens with two attached hydrogens (primary N) is 1. The Labute approximate surface area is 89.5 Å². The van der Waals surface area contributed by atoms with E-state index in [1.807, 2.05) is 0 Å². The molecule has 6 heteroatoms. The Morgan fingerprint density at radius 1 is 1.40 bits per heavy atom. The highest BCUT2D eigenvalue weighted by Crippen LogP contribution is 2.28. The number of sulfonamides is 1. The highest BCUT2D eigenvalue weighted by molar-refractivity contribution is 7.92. The lowest BCUT2D eigenvalue weighted by Crippen LogP contribution is -2.25. The summed E-state index contributed by atoms with van der Waals surface area (Å²) in [7, 11) is -0.351. The van der Waals surface area contributed by atoms with Gasteiger partial charge >= 0.3 is 0 Å². The van der Waals surface area contributed by atoms with E-state index in [1.54, 1.807) is 18.2 Å². The normalized spacial score (nSPS) is 11.1. The number of hydrogen-bond acceptors (Lipinski definition) is 4. The summed E-state index contributed by atoms with van der Waals surface area (Å²) < 4.78 is 28.7. The molecule has 0 saturated heterocycles. The molecule has 0 aliphatic heterocycles. The summed E-state index contributed by atoms with van der Waals surface area (Å²) in [6, 6.07) is 4.86. The molecule has 0 aromatic heterocycles. The number of nitrogens with zero attached hydrogens (tertiary/aromatic N) is 1. The van der Waals surface area contributed by atoms with Gasteiger partial charge in [0.2, 0.25) is 10.0 Å². The van der Waals surface area contributed by atoms with Gasteiger partial charge in [0.05, 0.1) is 24.7 Å². The van der Waals surface area contributed by atoms with Gasteiger partial charge in [-0.15, -0.1) is 0 Å². The average Bonchev–Trinajstić information content (AvgIpc) is 2.16. The molecule has 0 aliphatic carbocycles. The predicted octanol–water partition coefficient (Wildman–Crippen LogP) is 0.673. The molecule has 1 aromatic rings. The second-order valence-corrected chi connectivity index (χ2v) is 5.17. The Morgan fingerprint density at radius 3 is 2.47 bits per heavy atom. The van der Waals surface area contributed by atoms with Gasteiger partial charge in [-0.05, 0) is 12.1 Å². The molecule has 84 valence electrons. The lowest BCUT2D eigenvalue weighted by molar-refractivity contribution is 0.415. The number of methoxy groups -OCH3 is 1. The number of nitrogen functional groups attached to an aromatic ring is 1. The first-order valence-electron chi connectivity index (χ1n) is 4.23. The van der Waals surface area contributed by atoms with Crippen molar-refractivity contribution in [3.8, 4) is 5.75 Å². The fourth-order valence-electron chi connectivity index (χ4n) is 1.10. The van der Waals surface area contributed by atoms with Crippen molar-refractivity contribution >= 4 is 21.4 Å². The summed E-state index contributed by atoms with van der Waals surface area (Å²) in [5.74, 6) is 0.565. The average molecular weight is 230 g/mol. The van der Waals surface area contributed by atoms with E-state index < -0.39 is 10.0 Å². The molecule has 0 radical (unpaired) electrons. The molecular weight excluding hydrogens is 216 g/mol. The summed E-state index contributed by atoms with van der Waals surface area (Å²) in [6.45, 7) is 0. The predicted molar refractivity (Wildman–Crippen MR) is 60.7 cm³/mol. The molecule has 0 amide bonds. The summed E-state index contributed by atoms with van der Waals surface area (Å²) >= 11 is 0. The van der Waals surface area contributed by atoms with E-state index >= 15 is 0 Å². The quantitative estimate of drug-likeness (QED) is 0.775. The third-order valence-electron chi connectivity index (χ3n) is 2.07. The number of rotatable bonds is 3. The maximum atomic E-state index is 11.3. The van der Waals surface area contributed by atoms with Crippen molar-refractivity contribution in [1.29, 1.82) is 0 Å². The molecule has 0 atom stereocenters. The fourth-order valence-corrected chi connectivity index (χ4v) is 1.62. The molecule has 0 spiro atoms. The van der Waals surface area contributed by atoms with Crippen LogP contribution in [0.2, 0.25) is 0 Å². The van der Waals surface area contributed by atoms with Gasteiger partial charge in [0.15, 0.2) is 0 Å². The van der Waals surface area contributed by atoms with Crippen molar-refractivity contribution in [1.82, 2.24) is 0 Å². The molecule has 1 rings (SSSR count). The van der Waals surface area contributed by atoms with Crippen molar-refractivity contribution < 1.29 is 13.2 Å².